The SMILES string of the molecule is O=c1cc(-c2cc(F)ccc2F)cc[nH]1. The molecule has 2 nitrogen and oxygen atoms in total. The summed E-state index contributed by atoms with van der Waals surface area (Å²) in [5, 5.41) is 0. The first-order chi connectivity index (χ1) is 7.16. The van der Waals surface area contributed by atoms with Crippen LogP contribution in [0.2, 0.25) is 0 Å². The topological polar surface area (TPSA) is 32.9 Å². The number of benzene rings is 1. The zero-order valence-corrected chi connectivity index (χ0v) is 7.63. The summed E-state index contributed by atoms with van der Waals surface area (Å²) in [5.74, 6) is -1.09. The van der Waals surface area contributed by atoms with Gasteiger partial charge >= 0.3 is 0 Å². The minimum Gasteiger partial charge on any atom is -0.329 e. The lowest BCUT2D eigenvalue weighted by Gasteiger charge is -2.02. The van der Waals surface area contributed by atoms with Crippen LogP contribution >= 0.6 is 0 Å². The van der Waals surface area contributed by atoms with Crippen LogP contribution in [0.15, 0.2) is 41.3 Å². The van der Waals surface area contributed by atoms with Crippen molar-refractivity contribution in [2.75, 3.05) is 0 Å². The molecule has 1 N–H and O–H groups in total. The number of rotatable bonds is 1. The van der Waals surface area contributed by atoms with Crippen LogP contribution in [0.3, 0.4) is 0 Å². The van der Waals surface area contributed by atoms with Gasteiger partial charge < -0.3 is 4.98 Å². The van der Waals surface area contributed by atoms with Crippen molar-refractivity contribution in [2.45, 2.75) is 0 Å². The van der Waals surface area contributed by atoms with Crippen LogP contribution in [-0.2, 0) is 0 Å². The van der Waals surface area contributed by atoms with Gasteiger partial charge in [0.05, 0.1) is 0 Å². The van der Waals surface area contributed by atoms with E-state index in [0.717, 1.165) is 18.2 Å². The third-order valence-corrected chi connectivity index (χ3v) is 2.01. The molecule has 0 radical (unpaired) electrons. The number of halogens is 2. The standard InChI is InChI=1S/C11H7F2NO/c12-8-1-2-10(13)9(6-8)7-3-4-14-11(15)5-7/h1-6H,(H,14,15). The molecular weight excluding hydrogens is 200 g/mol. The molecule has 76 valence electrons. The van der Waals surface area contributed by atoms with Crippen molar-refractivity contribution < 1.29 is 8.78 Å². The number of aromatic amines is 1. The van der Waals surface area contributed by atoms with Crippen molar-refractivity contribution in [3.63, 3.8) is 0 Å². The number of hydrogen-bond acceptors (Lipinski definition) is 1. The minimum absolute atomic E-state index is 0.0844. The highest BCUT2D eigenvalue weighted by molar-refractivity contribution is 5.63. The van der Waals surface area contributed by atoms with Crippen LogP contribution in [0.1, 0.15) is 0 Å². The molecule has 1 aromatic heterocycles. The Morgan fingerprint density at radius 1 is 1.07 bits per heavy atom. The first-order valence-corrected chi connectivity index (χ1v) is 4.31. The maximum atomic E-state index is 13.3. The van der Waals surface area contributed by atoms with Gasteiger partial charge in [0.25, 0.3) is 0 Å². The third kappa shape index (κ3) is 1.93. The fourth-order valence-electron chi connectivity index (χ4n) is 1.33. The molecule has 0 saturated carbocycles. The van der Waals surface area contributed by atoms with Crippen LogP contribution in [0.25, 0.3) is 11.1 Å². The van der Waals surface area contributed by atoms with Gasteiger partial charge in [0, 0.05) is 17.8 Å². The molecule has 0 amide bonds. The second-order valence-electron chi connectivity index (χ2n) is 3.07. The van der Waals surface area contributed by atoms with Crippen molar-refractivity contribution in [1.29, 1.82) is 0 Å². The fourth-order valence-corrected chi connectivity index (χ4v) is 1.33. The summed E-state index contributed by atoms with van der Waals surface area (Å²) in [6.07, 6.45) is 1.39. The Balaban J connectivity index is 2.63. The van der Waals surface area contributed by atoms with Crippen LogP contribution in [0, 0.1) is 11.6 Å². The van der Waals surface area contributed by atoms with Gasteiger partial charge in [-0.1, -0.05) is 0 Å². The quantitative estimate of drug-likeness (QED) is 0.764. The summed E-state index contributed by atoms with van der Waals surface area (Å²) in [6.45, 7) is 0. The second-order valence-corrected chi connectivity index (χ2v) is 3.07. The van der Waals surface area contributed by atoms with E-state index in [1.54, 1.807) is 0 Å². The molecule has 0 fully saturated rings. The average molecular weight is 207 g/mol. The number of pyridine rings is 1. The molecule has 0 spiro atoms. The molecule has 0 bridgehead atoms. The van der Waals surface area contributed by atoms with Crippen molar-refractivity contribution in [3.8, 4) is 11.1 Å². The summed E-state index contributed by atoms with van der Waals surface area (Å²) in [4.78, 5) is 13.4. The molecule has 0 atom stereocenters. The molecular formula is C11H7F2NO. The highest BCUT2D eigenvalue weighted by atomic mass is 19.1. The van der Waals surface area contributed by atoms with Gasteiger partial charge in [0.15, 0.2) is 0 Å². The van der Waals surface area contributed by atoms with Gasteiger partial charge in [-0.3, -0.25) is 4.79 Å². The van der Waals surface area contributed by atoms with E-state index in [4.69, 9.17) is 0 Å². The lowest BCUT2D eigenvalue weighted by molar-refractivity contribution is 0.603. The van der Waals surface area contributed by atoms with Crippen molar-refractivity contribution in [2.24, 2.45) is 0 Å². The van der Waals surface area contributed by atoms with Crippen molar-refractivity contribution >= 4 is 0 Å². The number of aromatic nitrogens is 1. The van der Waals surface area contributed by atoms with Crippen LogP contribution in [0.4, 0.5) is 8.78 Å². The van der Waals surface area contributed by atoms with Gasteiger partial charge in [-0.15, -0.1) is 0 Å². The third-order valence-electron chi connectivity index (χ3n) is 2.01. The molecule has 1 aromatic carbocycles. The van der Waals surface area contributed by atoms with E-state index in [-0.39, 0.29) is 11.1 Å². The van der Waals surface area contributed by atoms with Crippen LogP contribution < -0.4 is 5.56 Å². The van der Waals surface area contributed by atoms with Gasteiger partial charge in [-0.25, -0.2) is 8.78 Å². The lowest BCUT2D eigenvalue weighted by atomic mass is 10.1. The van der Waals surface area contributed by atoms with E-state index in [1.807, 2.05) is 0 Å². The highest BCUT2D eigenvalue weighted by Gasteiger charge is 2.06. The first kappa shape index (κ1) is 9.58. The molecule has 0 saturated heterocycles. The van der Waals surface area contributed by atoms with E-state index < -0.39 is 11.6 Å². The molecule has 2 rings (SSSR count). The van der Waals surface area contributed by atoms with Gasteiger partial charge in [0.1, 0.15) is 11.6 Å². The van der Waals surface area contributed by atoms with E-state index in [1.165, 1.54) is 18.3 Å². The van der Waals surface area contributed by atoms with Gasteiger partial charge in [-0.2, -0.15) is 0 Å². The van der Waals surface area contributed by atoms with E-state index in [0.29, 0.717) is 5.56 Å². The van der Waals surface area contributed by atoms with E-state index in [2.05, 4.69) is 4.98 Å². The Morgan fingerprint density at radius 3 is 2.60 bits per heavy atom. The van der Waals surface area contributed by atoms with Crippen LogP contribution in [-0.4, -0.2) is 4.98 Å². The van der Waals surface area contributed by atoms with Crippen LogP contribution in [0.5, 0.6) is 0 Å². The Labute approximate surface area is 84.2 Å². The Hall–Kier alpha value is -1.97. The fraction of sp³-hybridized carbons (Fsp3) is 0. The minimum atomic E-state index is -0.554. The van der Waals surface area contributed by atoms with Gasteiger partial charge in [0.2, 0.25) is 5.56 Å². The lowest BCUT2D eigenvalue weighted by Crippen LogP contribution is -2.02. The predicted molar refractivity (Wildman–Crippen MR) is 52.4 cm³/mol. The maximum Gasteiger partial charge on any atom is 0.248 e. The van der Waals surface area contributed by atoms with E-state index >= 15 is 0 Å². The smallest absolute Gasteiger partial charge is 0.248 e. The van der Waals surface area contributed by atoms with Crippen molar-refractivity contribution in [1.82, 2.24) is 4.98 Å². The molecule has 4 heteroatoms. The number of nitrogens with one attached hydrogen (secondary N) is 1. The molecule has 0 aliphatic rings. The monoisotopic (exact) mass is 207 g/mol. The molecule has 15 heavy (non-hydrogen) atoms. The zero-order valence-electron chi connectivity index (χ0n) is 7.63. The van der Waals surface area contributed by atoms with Gasteiger partial charge in [-0.05, 0) is 29.8 Å². The summed E-state index contributed by atoms with van der Waals surface area (Å²) in [7, 11) is 0. The second kappa shape index (κ2) is 3.65. The molecule has 2 aromatic rings. The highest BCUT2D eigenvalue weighted by Crippen LogP contribution is 2.21. The molecule has 0 aliphatic carbocycles. The summed E-state index contributed by atoms with van der Waals surface area (Å²) in [5.41, 5.74) is 0.0908. The average Bonchev–Trinajstić information content (AvgIpc) is 2.22. The summed E-state index contributed by atoms with van der Waals surface area (Å²) in [6, 6.07) is 5.86. The first-order valence-electron chi connectivity index (χ1n) is 4.31. The Bertz CT molecular complexity index is 548. The normalized spacial score (nSPS) is 10.3. The Kier molecular flexibility index (Phi) is 2.33. The number of hydrogen-bond donors (Lipinski definition) is 1. The van der Waals surface area contributed by atoms with Crippen molar-refractivity contribution in [3.05, 3.63) is 58.5 Å². The van der Waals surface area contributed by atoms with E-state index in [9.17, 15) is 13.6 Å². The largest absolute Gasteiger partial charge is 0.329 e. The number of H-pyrrole nitrogens is 1. The Morgan fingerprint density at radius 2 is 1.87 bits per heavy atom. The summed E-state index contributed by atoms with van der Waals surface area (Å²) < 4.78 is 26.2. The zero-order chi connectivity index (χ0) is 10.8. The molecule has 1 heterocycles. The molecule has 0 unspecified atom stereocenters. The predicted octanol–water partition coefficient (Wildman–Crippen LogP) is 2.32. The molecule has 0 aliphatic heterocycles. The maximum absolute atomic E-state index is 13.3. The summed E-state index contributed by atoms with van der Waals surface area (Å²) >= 11 is 0.